The highest BCUT2D eigenvalue weighted by molar-refractivity contribution is 4.67. The number of hydrogen-bond donors (Lipinski definition) is 0. The number of piperazine rings is 1. The molecule has 1 rings (SSSR count). The van der Waals surface area contributed by atoms with E-state index in [-0.39, 0.29) is 0 Å². The van der Waals surface area contributed by atoms with Crippen LogP contribution in [0.3, 0.4) is 0 Å². The van der Waals surface area contributed by atoms with Gasteiger partial charge >= 0.3 is 0 Å². The van der Waals surface area contributed by atoms with Gasteiger partial charge in [0.2, 0.25) is 0 Å². The molecule has 0 saturated carbocycles. The maximum Gasteiger partial charge on any atom is 0.00826 e. The molecule has 0 aromatic heterocycles. The molecule has 1 fully saturated rings. The lowest BCUT2D eigenvalue weighted by atomic mass is 10.4. The molecule has 0 amide bonds. The quantitative estimate of drug-likeness (QED) is 0.409. The lowest BCUT2D eigenvalue weighted by Gasteiger charge is -2.34. The van der Waals surface area contributed by atoms with E-state index >= 15 is 0 Å². The topological polar surface area (TPSA) is 6.48 Å². The predicted octanol–water partition coefficient (Wildman–Crippen LogP) is 0.0254. The molecule has 0 unspecified atom stereocenters. The highest BCUT2D eigenvalue weighted by Gasteiger charge is 2.03. The Balaban J connectivity index is 2.19. The van der Waals surface area contributed by atoms with Crippen molar-refractivity contribution < 1.29 is 0 Å². The summed E-state index contributed by atoms with van der Waals surface area (Å²) in [5.41, 5.74) is 0. The molecule has 0 bridgehead atoms. The summed E-state index contributed by atoms with van der Waals surface area (Å²) in [6, 6.07) is 0. The third-order valence-electron chi connectivity index (χ3n) is 1.60. The Kier molecular flexibility index (Phi) is 1.86. The first-order valence-corrected chi connectivity index (χ1v) is 3.03. The summed E-state index contributed by atoms with van der Waals surface area (Å²) in [6.45, 7) is 4.58. The van der Waals surface area contributed by atoms with E-state index in [1.807, 2.05) is 0 Å². The van der Waals surface area contributed by atoms with Gasteiger partial charge in [0.15, 0.2) is 0 Å². The van der Waals surface area contributed by atoms with E-state index in [9.17, 15) is 0 Å². The zero-order chi connectivity index (χ0) is 5.98. The summed E-state index contributed by atoms with van der Waals surface area (Å²) in [7, 11) is 5.98. The van der Waals surface area contributed by atoms with Crippen LogP contribution in [0.5, 0.6) is 0 Å². The molecule has 0 aromatic rings. The van der Waals surface area contributed by atoms with Crippen LogP contribution >= 0.6 is 0 Å². The van der Waals surface area contributed by atoms with Crippen molar-refractivity contribution in [3.8, 4) is 0 Å². The molecule has 0 spiro atoms. The van der Waals surface area contributed by atoms with Crippen LogP contribution in [0.4, 0.5) is 0 Å². The molecule has 0 aromatic carbocycles. The minimum atomic E-state index is 1.12. The normalized spacial score (nSPS) is 26.2. The van der Waals surface area contributed by atoms with Gasteiger partial charge in [-0.3, -0.25) is 7.05 Å². The Labute approximate surface area is 51.1 Å². The van der Waals surface area contributed by atoms with Gasteiger partial charge < -0.3 is 9.80 Å². The summed E-state index contributed by atoms with van der Waals surface area (Å²) in [5.74, 6) is 0. The van der Waals surface area contributed by atoms with Crippen LogP contribution in [0.1, 0.15) is 0 Å². The average Bonchev–Trinajstić information content (AvgIpc) is 1.77. The molecule has 1 heterocycles. The Hall–Kier alpha value is -0.0800. The van der Waals surface area contributed by atoms with Crippen molar-refractivity contribution in [2.45, 2.75) is 0 Å². The molecule has 2 heteroatoms. The molecule has 8 heavy (non-hydrogen) atoms. The van der Waals surface area contributed by atoms with Gasteiger partial charge in [-0.05, 0) is 20.1 Å². The summed E-state index contributed by atoms with van der Waals surface area (Å²) in [4.78, 5) is 4.43. The first-order valence-electron chi connectivity index (χ1n) is 3.03. The maximum absolute atomic E-state index is 3.84. The van der Waals surface area contributed by atoms with Crippen LogP contribution in [0.2, 0.25) is 0 Å². The van der Waals surface area contributed by atoms with E-state index in [0.29, 0.717) is 0 Å². The minimum absolute atomic E-state index is 1.12. The minimum Gasteiger partial charge on any atom is -0.457 e. The van der Waals surface area contributed by atoms with Gasteiger partial charge in [-0.25, -0.2) is 0 Å². The molecule has 2 nitrogen and oxygen atoms in total. The Bertz CT molecular complexity index is 54.9. The van der Waals surface area contributed by atoms with Crippen molar-refractivity contribution in [1.29, 1.82) is 0 Å². The van der Waals surface area contributed by atoms with Crippen molar-refractivity contribution >= 4 is 0 Å². The standard InChI is InChI=1S/C6H13N2/c1-7-3-5-8(2)6-4-7/h1,3-6H2,2H3/q-1. The molecule has 1 aliphatic rings. The van der Waals surface area contributed by atoms with Crippen LogP contribution in [-0.2, 0) is 0 Å². The van der Waals surface area contributed by atoms with Gasteiger partial charge in [-0.15, -0.1) is 0 Å². The van der Waals surface area contributed by atoms with Gasteiger partial charge in [0.1, 0.15) is 0 Å². The van der Waals surface area contributed by atoms with Gasteiger partial charge in [0, 0.05) is 13.1 Å². The van der Waals surface area contributed by atoms with E-state index in [0.717, 1.165) is 13.1 Å². The van der Waals surface area contributed by atoms with Gasteiger partial charge in [-0.1, -0.05) is 0 Å². The predicted molar refractivity (Wildman–Crippen MR) is 34.4 cm³/mol. The third-order valence-corrected chi connectivity index (χ3v) is 1.60. The molecule has 1 saturated heterocycles. The van der Waals surface area contributed by atoms with Crippen molar-refractivity contribution in [3.63, 3.8) is 0 Å². The van der Waals surface area contributed by atoms with Crippen LogP contribution in [0.15, 0.2) is 0 Å². The maximum atomic E-state index is 3.84. The van der Waals surface area contributed by atoms with Gasteiger partial charge in [-0.2, -0.15) is 0 Å². The average molecular weight is 113 g/mol. The molecule has 0 N–H and O–H groups in total. The van der Waals surface area contributed by atoms with Gasteiger partial charge in [0.25, 0.3) is 0 Å². The molecular weight excluding hydrogens is 100 g/mol. The van der Waals surface area contributed by atoms with Crippen LogP contribution in [0.25, 0.3) is 0 Å². The van der Waals surface area contributed by atoms with Crippen molar-refractivity contribution in [2.24, 2.45) is 0 Å². The first-order chi connectivity index (χ1) is 3.79. The zero-order valence-corrected chi connectivity index (χ0v) is 5.43. The number of likely N-dealkylation sites (N-methyl/N-ethyl adjacent to an activating group) is 1. The monoisotopic (exact) mass is 113 g/mol. The molecule has 0 aliphatic carbocycles. The smallest absolute Gasteiger partial charge is 0.00826 e. The zero-order valence-electron chi connectivity index (χ0n) is 5.43. The summed E-state index contributed by atoms with van der Waals surface area (Å²) >= 11 is 0. The first kappa shape index (κ1) is 6.05. The lowest BCUT2D eigenvalue weighted by Crippen LogP contribution is -2.41. The van der Waals surface area contributed by atoms with Gasteiger partial charge in [0.05, 0.1) is 0 Å². The largest absolute Gasteiger partial charge is 0.457 e. The van der Waals surface area contributed by atoms with E-state index in [4.69, 9.17) is 0 Å². The summed E-state index contributed by atoms with van der Waals surface area (Å²) in [5, 5.41) is 0. The highest BCUT2D eigenvalue weighted by Crippen LogP contribution is 1.94. The second-order valence-electron chi connectivity index (χ2n) is 2.42. The molecule has 0 radical (unpaired) electrons. The van der Waals surface area contributed by atoms with Crippen LogP contribution in [-0.4, -0.2) is 43.0 Å². The second-order valence-corrected chi connectivity index (χ2v) is 2.42. The van der Waals surface area contributed by atoms with E-state index < -0.39 is 0 Å². The fourth-order valence-electron chi connectivity index (χ4n) is 0.848. The SMILES string of the molecule is [CH2-]N1CCN(C)CC1. The Morgan fingerprint density at radius 3 is 2.00 bits per heavy atom. The van der Waals surface area contributed by atoms with Crippen LogP contribution in [0, 0.1) is 7.05 Å². The number of rotatable bonds is 0. The van der Waals surface area contributed by atoms with E-state index in [2.05, 4.69) is 23.9 Å². The Morgan fingerprint density at radius 2 is 1.62 bits per heavy atom. The van der Waals surface area contributed by atoms with E-state index in [1.54, 1.807) is 0 Å². The highest BCUT2D eigenvalue weighted by atomic mass is 15.2. The third kappa shape index (κ3) is 1.46. The van der Waals surface area contributed by atoms with E-state index in [1.165, 1.54) is 13.1 Å². The number of nitrogens with zero attached hydrogens (tertiary/aromatic N) is 2. The number of hydrogen-bond acceptors (Lipinski definition) is 2. The summed E-state index contributed by atoms with van der Waals surface area (Å²) in [6.07, 6.45) is 0. The van der Waals surface area contributed by atoms with Crippen LogP contribution < -0.4 is 0 Å². The Morgan fingerprint density at radius 1 is 1.12 bits per heavy atom. The molecular formula is C6H13N2-. The lowest BCUT2D eigenvalue weighted by molar-refractivity contribution is 0.196. The second kappa shape index (κ2) is 2.46. The molecule has 48 valence electrons. The fraction of sp³-hybridized carbons (Fsp3) is 0.833. The fourth-order valence-corrected chi connectivity index (χ4v) is 0.848. The van der Waals surface area contributed by atoms with Crippen molar-refractivity contribution in [3.05, 3.63) is 7.05 Å². The van der Waals surface area contributed by atoms with Crippen molar-refractivity contribution in [2.75, 3.05) is 33.2 Å². The summed E-state index contributed by atoms with van der Waals surface area (Å²) < 4.78 is 0. The molecule has 1 aliphatic heterocycles. The van der Waals surface area contributed by atoms with Crippen molar-refractivity contribution in [1.82, 2.24) is 9.80 Å². The molecule has 0 atom stereocenters.